The largest absolute Gasteiger partial charge is 0.461 e. The first-order valence-corrected chi connectivity index (χ1v) is 4.47. The van der Waals surface area contributed by atoms with Crippen molar-refractivity contribution in [1.29, 1.82) is 0 Å². The molecule has 0 aliphatic heterocycles. The smallest absolute Gasteiger partial charge is 0.306 e. The number of esters is 1. The van der Waals surface area contributed by atoms with Gasteiger partial charge in [0, 0.05) is 6.42 Å². The zero-order valence-corrected chi connectivity index (χ0v) is 8.21. The van der Waals surface area contributed by atoms with Gasteiger partial charge in [-0.1, -0.05) is 19.1 Å². The Balaban J connectivity index is 3.41. The van der Waals surface area contributed by atoms with Crippen molar-refractivity contribution in [3.63, 3.8) is 0 Å². The summed E-state index contributed by atoms with van der Waals surface area (Å²) in [7, 11) is 0. The van der Waals surface area contributed by atoms with Gasteiger partial charge in [-0.2, -0.15) is 0 Å². The molecule has 0 rings (SSSR count). The number of carbonyl (C=O) groups is 2. The van der Waals surface area contributed by atoms with Gasteiger partial charge in [0.1, 0.15) is 12.4 Å². The van der Waals surface area contributed by atoms with Crippen LogP contribution in [0.2, 0.25) is 0 Å². The van der Waals surface area contributed by atoms with Crippen molar-refractivity contribution in [2.75, 3.05) is 6.61 Å². The average molecular weight is 184 g/mol. The summed E-state index contributed by atoms with van der Waals surface area (Å²) in [5, 5.41) is 0. The zero-order valence-electron chi connectivity index (χ0n) is 8.21. The molecule has 0 fully saturated rings. The van der Waals surface area contributed by atoms with Crippen LogP contribution in [0.4, 0.5) is 0 Å². The van der Waals surface area contributed by atoms with Crippen LogP contribution in [-0.2, 0) is 14.3 Å². The van der Waals surface area contributed by atoms with Crippen LogP contribution in [0.15, 0.2) is 12.2 Å². The maximum absolute atomic E-state index is 10.9. The predicted octanol–water partition coefficient (Wildman–Crippen LogP) is 1.86. The van der Waals surface area contributed by atoms with Crippen molar-refractivity contribution in [2.24, 2.45) is 0 Å². The highest BCUT2D eigenvalue weighted by Crippen LogP contribution is 1.94. The Labute approximate surface area is 78.8 Å². The molecule has 0 aliphatic carbocycles. The van der Waals surface area contributed by atoms with Crippen molar-refractivity contribution in [3.05, 3.63) is 12.2 Å². The Bertz CT molecular complexity index is 194. The summed E-state index contributed by atoms with van der Waals surface area (Å²) in [4.78, 5) is 21.4. The van der Waals surface area contributed by atoms with E-state index in [1.165, 1.54) is 6.92 Å². The quantitative estimate of drug-likeness (QED) is 0.467. The monoisotopic (exact) mass is 184 g/mol. The van der Waals surface area contributed by atoms with Gasteiger partial charge < -0.3 is 9.53 Å². The lowest BCUT2D eigenvalue weighted by Gasteiger charge is -1.99. The SMILES string of the molecule is CCC=CCOC(=O)CCC(C)=O. The van der Waals surface area contributed by atoms with E-state index in [4.69, 9.17) is 4.74 Å². The molecule has 0 unspecified atom stereocenters. The van der Waals surface area contributed by atoms with Gasteiger partial charge in [-0.3, -0.25) is 4.79 Å². The molecule has 3 heteroatoms. The van der Waals surface area contributed by atoms with Gasteiger partial charge in [-0.05, 0) is 13.3 Å². The summed E-state index contributed by atoms with van der Waals surface area (Å²) in [6, 6.07) is 0. The molecule has 0 atom stereocenters. The maximum Gasteiger partial charge on any atom is 0.306 e. The number of rotatable bonds is 6. The van der Waals surface area contributed by atoms with Gasteiger partial charge in [0.2, 0.25) is 0 Å². The van der Waals surface area contributed by atoms with Gasteiger partial charge in [-0.25, -0.2) is 0 Å². The summed E-state index contributed by atoms with van der Waals surface area (Å²) >= 11 is 0. The molecule has 0 saturated heterocycles. The van der Waals surface area contributed by atoms with Crippen molar-refractivity contribution >= 4 is 11.8 Å². The lowest BCUT2D eigenvalue weighted by atomic mass is 10.2. The number of carbonyl (C=O) groups excluding carboxylic acids is 2. The summed E-state index contributed by atoms with van der Waals surface area (Å²) in [5.41, 5.74) is 0. The Kier molecular flexibility index (Phi) is 6.88. The molecule has 0 aromatic heterocycles. The van der Waals surface area contributed by atoms with Crippen LogP contribution in [0.25, 0.3) is 0 Å². The third kappa shape index (κ3) is 8.79. The van der Waals surface area contributed by atoms with Crippen molar-refractivity contribution in [1.82, 2.24) is 0 Å². The van der Waals surface area contributed by atoms with Gasteiger partial charge in [-0.15, -0.1) is 0 Å². The molecular formula is C10H16O3. The van der Waals surface area contributed by atoms with Gasteiger partial charge in [0.15, 0.2) is 0 Å². The van der Waals surface area contributed by atoms with E-state index in [0.29, 0.717) is 6.61 Å². The lowest BCUT2D eigenvalue weighted by molar-refractivity contribution is -0.143. The third-order valence-electron chi connectivity index (χ3n) is 1.42. The second-order valence-corrected chi connectivity index (χ2v) is 2.76. The highest BCUT2D eigenvalue weighted by Gasteiger charge is 2.02. The molecule has 0 aromatic rings. The molecular weight excluding hydrogens is 168 g/mol. The molecule has 3 nitrogen and oxygen atoms in total. The Morgan fingerprint density at radius 2 is 1.92 bits per heavy atom. The van der Waals surface area contributed by atoms with Crippen molar-refractivity contribution in [2.45, 2.75) is 33.1 Å². The summed E-state index contributed by atoms with van der Waals surface area (Å²) < 4.78 is 4.82. The van der Waals surface area contributed by atoms with Crippen LogP contribution in [-0.4, -0.2) is 18.4 Å². The average Bonchev–Trinajstić information content (AvgIpc) is 2.09. The molecule has 0 saturated carbocycles. The van der Waals surface area contributed by atoms with E-state index in [1.807, 2.05) is 13.0 Å². The molecule has 0 radical (unpaired) electrons. The van der Waals surface area contributed by atoms with Crippen LogP contribution in [0.5, 0.6) is 0 Å². The van der Waals surface area contributed by atoms with E-state index in [1.54, 1.807) is 6.08 Å². The second-order valence-electron chi connectivity index (χ2n) is 2.76. The van der Waals surface area contributed by atoms with Gasteiger partial charge in [0.05, 0.1) is 6.42 Å². The van der Waals surface area contributed by atoms with Crippen LogP contribution >= 0.6 is 0 Å². The molecule has 13 heavy (non-hydrogen) atoms. The Morgan fingerprint density at radius 3 is 2.46 bits per heavy atom. The first-order valence-electron chi connectivity index (χ1n) is 4.47. The van der Waals surface area contributed by atoms with Gasteiger partial charge >= 0.3 is 5.97 Å². The van der Waals surface area contributed by atoms with E-state index < -0.39 is 0 Å². The van der Waals surface area contributed by atoms with E-state index in [2.05, 4.69) is 0 Å². The van der Waals surface area contributed by atoms with Crippen molar-refractivity contribution in [3.8, 4) is 0 Å². The number of allylic oxidation sites excluding steroid dienone is 1. The number of hydrogen-bond acceptors (Lipinski definition) is 3. The second kappa shape index (κ2) is 7.53. The Morgan fingerprint density at radius 1 is 1.23 bits per heavy atom. The lowest BCUT2D eigenvalue weighted by Crippen LogP contribution is -2.06. The molecule has 0 N–H and O–H groups in total. The first-order chi connectivity index (χ1) is 6.16. The van der Waals surface area contributed by atoms with E-state index in [9.17, 15) is 9.59 Å². The molecule has 0 heterocycles. The highest BCUT2D eigenvalue weighted by molar-refractivity contribution is 5.80. The number of ether oxygens (including phenoxy) is 1. The predicted molar refractivity (Wildman–Crippen MR) is 50.3 cm³/mol. The van der Waals surface area contributed by atoms with Crippen LogP contribution in [0.1, 0.15) is 33.1 Å². The van der Waals surface area contributed by atoms with E-state index >= 15 is 0 Å². The van der Waals surface area contributed by atoms with Crippen molar-refractivity contribution < 1.29 is 14.3 Å². The number of ketones is 1. The fraction of sp³-hybridized carbons (Fsp3) is 0.600. The zero-order chi connectivity index (χ0) is 10.1. The normalized spacial score (nSPS) is 10.3. The molecule has 0 spiro atoms. The number of Topliss-reactive ketones (excluding diaryl/α,β-unsaturated/α-hetero) is 1. The maximum atomic E-state index is 10.9. The first kappa shape index (κ1) is 11.9. The van der Waals surface area contributed by atoms with E-state index in [0.717, 1.165) is 6.42 Å². The van der Waals surface area contributed by atoms with Crippen LogP contribution < -0.4 is 0 Å². The molecule has 0 aromatic carbocycles. The minimum absolute atomic E-state index is 0.0149. The number of hydrogen-bond donors (Lipinski definition) is 0. The molecule has 0 amide bonds. The van der Waals surface area contributed by atoms with E-state index in [-0.39, 0.29) is 24.6 Å². The topological polar surface area (TPSA) is 43.4 Å². The fourth-order valence-electron chi connectivity index (χ4n) is 0.726. The highest BCUT2D eigenvalue weighted by atomic mass is 16.5. The standard InChI is InChI=1S/C10H16O3/c1-3-4-5-8-13-10(12)7-6-9(2)11/h4-5H,3,6-8H2,1-2H3. The fourth-order valence-corrected chi connectivity index (χ4v) is 0.726. The van der Waals surface area contributed by atoms with Crippen LogP contribution in [0, 0.1) is 0 Å². The molecule has 0 bridgehead atoms. The summed E-state index contributed by atoms with van der Waals surface area (Å²) in [6.45, 7) is 3.78. The van der Waals surface area contributed by atoms with Crippen LogP contribution in [0.3, 0.4) is 0 Å². The van der Waals surface area contributed by atoms with Gasteiger partial charge in [0.25, 0.3) is 0 Å². The Hall–Kier alpha value is -1.12. The minimum Gasteiger partial charge on any atom is -0.461 e. The summed E-state index contributed by atoms with van der Waals surface area (Å²) in [6.07, 6.45) is 5.13. The summed E-state index contributed by atoms with van der Waals surface area (Å²) in [5.74, 6) is -0.294. The third-order valence-corrected chi connectivity index (χ3v) is 1.42. The minimum atomic E-state index is -0.309. The molecule has 0 aliphatic rings. The molecule has 74 valence electrons.